The van der Waals surface area contributed by atoms with E-state index in [2.05, 4.69) is 15.6 Å². The van der Waals surface area contributed by atoms with Crippen molar-refractivity contribution in [2.24, 2.45) is 0 Å². The Morgan fingerprint density at radius 1 is 1.50 bits per heavy atom. The summed E-state index contributed by atoms with van der Waals surface area (Å²) in [4.78, 5) is 26.5. The largest absolute Gasteiger partial charge is 0.297 e. The molecule has 5 heteroatoms. The van der Waals surface area contributed by atoms with E-state index in [-0.39, 0.29) is 24.3 Å². The van der Waals surface area contributed by atoms with Gasteiger partial charge in [0.15, 0.2) is 0 Å². The van der Waals surface area contributed by atoms with Crippen LogP contribution in [-0.2, 0) is 9.59 Å². The monoisotopic (exact) mass is 219 g/mol. The Kier molecular flexibility index (Phi) is 2.96. The number of carbonyl (C=O) groups excluding carboxylic acids is 2. The Labute approximate surface area is 93.3 Å². The lowest BCUT2D eigenvalue weighted by Gasteiger charge is -2.16. The number of rotatable bonds is 3. The summed E-state index contributed by atoms with van der Waals surface area (Å²) in [6.07, 6.45) is 1.91. The van der Waals surface area contributed by atoms with Crippen molar-refractivity contribution < 1.29 is 9.59 Å². The highest BCUT2D eigenvalue weighted by Crippen LogP contribution is 2.12. The molecule has 1 unspecified atom stereocenters. The van der Waals surface area contributed by atoms with Crippen molar-refractivity contribution in [1.82, 2.24) is 15.6 Å². The second-order valence-electron chi connectivity index (χ2n) is 3.81. The molecule has 1 aromatic heterocycles. The van der Waals surface area contributed by atoms with Gasteiger partial charge in [-0.15, -0.1) is 0 Å². The molecule has 1 fully saturated rings. The van der Waals surface area contributed by atoms with Gasteiger partial charge < -0.3 is 0 Å². The van der Waals surface area contributed by atoms with Crippen LogP contribution in [-0.4, -0.2) is 22.8 Å². The number of nitrogens with zero attached hydrogens (tertiary/aromatic N) is 1. The number of aromatic nitrogens is 1. The Hall–Kier alpha value is -1.75. The average molecular weight is 219 g/mol. The van der Waals surface area contributed by atoms with Crippen molar-refractivity contribution in [3.05, 3.63) is 30.1 Å². The van der Waals surface area contributed by atoms with E-state index in [4.69, 9.17) is 0 Å². The van der Waals surface area contributed by atoms with Crippen LogP contribution in [0.3, 0.4) is 0 Å². The first-order valence-corrected chi connectivity index (χ1v) is 5.17. The van der Waals surface area contributed by atoms with Gasteiger partial charge in [0.25, 0.3) is 0 Å². The van der Waals surface area contributed by atoms with Crippen molar-refractivity contribution in [2.45, 2.75) is 25.4 Å². The van der Waals surface area contributed by atoms with Crippen LogP contribution in [0.1, 0.15) is 25.1 Å². The van der Waals surface area contributed by atoms with Crippen molar-refractivity contribution in [3.8, 4) is 0 Å². The summed E-state index contributed by atoms with van der Waals surface area (Å²) in [6.45, 7) is 1.92. The van der Waals surface area contributed by atoms with E-state index in [1.165, 1.54) is 0 Å². The lowest BCUT2D eigenvalue weighted by Crippen LogP contribution is -2.37. The van der Waals surface area contributed by atoms with E-state index < -0.39 is 6.04 Å². The zero-order chi connectivity index (χ0) is 11.5. The molecule has 1 saturated heterocycles. The predicted octanol–water partition coefficient (Wildman–Crippen LogP) is 0.147. The Bertz CT molecular complexity index is 405. The smallest absolute Gasteiger partial charge is 0.244 e. The first-order valence-electron chi connectivity index (χ1n) is 5.17. The molecule has 0 saturated carbocycles. The fourth-order valence-corrected chi connectivity index (χ4v) is 1.71. The van der Waals surface area contributed by atoms with Crippen molar-refractivity contribution >= 4 is 11.8 Å². The number of amides is 2. The lowest BCUT2D eigenvalue weighted by molar-refractivity contribution is -0.125. The van der Waals surface area contributed by atoms with Crippen molar-refractivity contribution in [1.29, 1.82) is 0 Å². The highest BCUT2D eigenvalue weighted by molar-refractivity contribution is 6.05. The first kappa shape index (κ1) is 10.8. The minimum Gasteiger partial charge on any atom is -0.297 e. The van der Waals surface area contributed by atoms with Crippen LogP contribution >= 0.6 is 0 Å². The second-order valence-corrected chi connectivity index (χ2v) is 3.81. The molecule has 2 amide bonds. The molecule has 1 aromatic rings. The van der Waals surface area contributed by atoms with Gasteiger partial charge in [0.2, 0.25) is 11.8 Å². The number of hydrogen-bond acceptors (Lipinski definition) is 4. The molecule has 2 rings (SSSR count). The van der Waals surface area contributed by atoms with E-state index in [1.807, 2.05) is 25.1 Å². The van der Waals surface area contributed by atoms with Crippen LogP contribution in [0, 0.1) is 0 Å². The van der Waals surface area contributed by atoms with E-state index in [0.717, 1.165) is 5.69 Å². The third-order valence-electron chi connectivity index (χ3n) is 2.55. The van der Waals surface area contributed by atoms with Gasteiger partial charge in [-0.3, -0.25) is 25.2 Å². The fourth-order valence-electron chi connectivity index (χ4n) is 1.71. The summed E-state index contributed by atoms with van der Waals surface area (Å²) in [5.41, 5.74) is 0.856. The second kappa shape index (κ2) is 4.40. The zero-order valence-corrected chi connectivity index (χ0v) is 8.93. The number of pyridine rings is 1. The summed E-state index contributed by atoms with van der Waals surface area (Å²) >= 11 is 0. The quantitative estimate of drug-likeness (QED) is 0.710. The minimum absolute atomic E-state index is 0.0529. The van der Waals surface area contributed by atoms with Gasteiger partial charge in [-0.2, -0.15) is 0 Å². The van der Waals surface area contributed by atoms with Crippen molar-refractivity contribution in [2.75, 3.05) is 0 Å². The summed E-state index contributed by atoms with van der Waals surface area (Å²) in [5.74, 6) is -0.483. The fraction of sp³-hybridized carbons (Fsp3) is 0.364. The van der Waals surface area contributed by atoms with Gasteiger partial charge in [-0.25, -0.2) is 0 Å². The van der Waals surface area contributed by atoms with Crippen LogP contribution in [0.15, 0.2) is 24.4 Å². The summed E-state index contributed by atoms with van der Waals surface area (Å²) in [5, 5.41) is 5.34. The predicted molar refractivity (Wildman–Crippen MR) is 57.3 cm³/mol. The van der Waals surface area contributed by atoms with Crippen molar-refractivity contribution in [3.63, 3.8) is 0 Å². The number of hydrogen-bond donors (Lipinski definition) is 2. The Morgan fingerprint density at radius 3 is 2.88 bits per heavy atom. The van der Waals surface area contributed by atoms with Crippen LogP contribution in [0.2, 0.25) is 0 Å². The topological polar surface area (TPSA) is 71.1 Å². The Balaban J connectivity index is 2.00. The molecule has 0 spiro atoms. The van der Waals surface area contributed by atoms with Crippen LogP contribution in [0.4, 0.5) is 0 Å². The highest BCUT2D eigenvalue weighted by atomic mass is 16.2. The average Bonchev–Trinajstić information content (AvgIpc) is 2.59. The lowest BCUT2D eigenvalue weighted by atomic mass is 10.1. The molecule has 0 bridgehead atoms. The maximum Gasteiger partial charge on any atom is 0.244 e. The van der Waals surface area contributed by atoms with E-state index in [0.29, 0.717) is 0 Å². The molecule has 2 atom stereocenters. The maximum absolute atomic E-state index is 11.3. The normalized spacial score (nSPS) is 21.9. The van der Waals surface area contributed by atoms with Crippen LogP contribution < -0.4 is 10.6 Å². The molecule has 0 aromatic carbocycles. The number of carbonyl (C=O) groups is 2. The van der Waals surface area contributed by atoms with Crippen LogP contribution in [0.25, 0.3) is 0 Å². The van der Waals surface area contributed by atoms with E-state index >= 15 is 0 Å². The molecule has 2 heterocycles. The molecule has 5 nitrogen and oxygen atoms in total. The molecule has 1 aliphatic heterocycles. The molecular formula is C11H13N3O2. The minimum atomic E-state index is -0.440. The maximum atomic E-state index is 11.3. The van der Waals surface area contributed by atoms with Crippen LogP contribution in [0.5, 0.6) is 0 Å². The molecular weight excluding hydrogens is 206 g/mol. The molecule has 0 radical (unpaired) electrons. The molecule has 16 heavy (non-hydrogen) atoms. The Morgan fingerprint density at radius 2 is 2.31 bits per heavy atom. The highest BCUT2D eigenvalue weighted by Gasteiger charge is 2.31. The number of imide groups is 1. The number of nitrogens with one attached hydrogen (secondary N) is 2. The first-order chi connectivity index (χ1) is 7.66. The molecule has 84 valence electrons. The third-order valence-corrected chi connectivity index (χ3v) is 2.55. The van der Waals surface area contributed by atoms with Gasteiger partial charge >= 0.3 is 0 Å². The summed E-state index contributed by atoms with van der Waals surface area (Å²) < 4.78 is 0. The zero-order valence-electron chi connectivity index (χ0n) is 8.93. The summed E-state index contributed by atoms with van der Waals surface area (Å²) in [6, 6.07) is 5.11. The summed E-state index contributed by atoms with van der Waals surface area (Å²) in [7, 11) is 0. The molecule has 0 aliphatic carbocycles. The molecule has 2 N–H and O–H groups in total. The van der Waals surface area contributed by atoms with Gasteiger partial charge in [0.05, 0.1) is 18.2 Å². The van der Waals surface area contributed by atoms with Gasteiger partial charge in [-0.05, 0) is 19.1 Å². The third kappa shape index (κ3) is 2.25. The SMILES string of the molecule is C[C@@H](NC1CC(=O)NC1=O)c1ccccn1. The van der Waals surface area contributed by atoms with E-state index in [1.54, 1.807) is 6.20 Å². The van der Waals surface area contributed by atoms with Gasteiger partial charge in [-0.1, -0.05) is 6.07 Å². The van der Waals surface area contributed by atoms with Gasteiger partial charge in [0.1, 0.15) is 0 Å². The van der Waals surface area contributed by atoms with Gasteiger partial charge in [0, 0.05) is 12.2 Å². The molecule has 1 aliphatic rings. The van der Waals surface area contributed by atoms with E-state index in [9.17, 15) is 9.59 Å². The standard InChI is InChI=1S/C11H13N3O2/c1-7(8-4-2-3-5-12-8)13-9-6-10(15)14-11(9)16/h2-5,7,9,13H,6H2,1H3,(H,14,15,16)/t7-,9?/m1/s1.